The summed E-state index contributed by atoms with van der Waals surface area (Å²) >= 11 is 0. The third-order valence-corrected chi connectivity index (χ3v) is 2.44. The quantitative estimate of drug-likeness (QED) is 0.587. The molecule has 0 radical (unpaired) electrons. The molecule has 0 N–H and O–H groups in total. The molecule has 1 aliphatic rings. The van der Waals surface area contributed by atoms with Gasteiger partial charge in [0.2, 0.25) is 0 Å². The van der Waals surface area contributed by atoms with Crippen molar-refractivity contribution in [2.24, 2.45) is 0 Å². The van der Waals surface area contributed by atoms with E-state index in [0.29, 0.717) is 13.1 Å². The van der Waals surface area contributed by atoms with Gasteiger partial charge in [-0.25, -0.2) is 8.78 Å². The van der Waals surface area contributed by atoms with E-state index in [1.165, 1.54) is 0 Å². The van der Waals surface area contributed by atoms with Gasteiger partial charge in [0.15, 0.2) is 0 Å². The van der Waals surface area contributed by atoms with Crippen molar-refractivity contribution < 1.29 is 8.78 Å². The molecular weight excluding hydrogens is 184 g/mol. The van der Waals surface area contributed by atoms with Crippen molar-refractivity contribution in [1.29, 1.82) is 0 Å². The Labute approximate surface area is 86.5 Å². The Morgan fingerprint density at radius 3 is 1.64 bits per heavy atom. The molecule has 14 heavy (non-hydrogen) atoms. The fourth-order valence-corrected chi connectivity index (χ4v) is 1.50. The van der Waals surface area contributed by atoms with Crippen molar-refractivity contribution in [3.63, 3.8) is 0 Å². The zero-order valence-electron chi connectivity index (χ0n) is 10.0. The van der Waals surface area contributed by atoms with E-state index in [1.54, 1.807) is 0 Å². The lowest BCUT2D eigenvalue weighted by Crippen LogP contribution is -2.48. The highest BCUT2D eigenvalue weighted by molar-refractivity contribution is 4.84. The molecule has 0 spiro atoms. The first kappa shape index (κ1) is 13.8. The second-order valence-corrected chi connectivity index (χ2v) is 4.51. The molecule has 86 valence electrons. The van der Waals surface area contributed by atoms with Crippen molar-refractivity contribution in [1.82, 2.24) is 4.90 Å². The fraction of sp³-hybridized carbons (Fsp3) is 1.00. The van der Waals surface area contributed by atoms with E-state index in [0.717, 1.165) is 0 Å². The standard InChI is InChI=1S/C9H17F2N.C2H6/c1-8(2,3)12-6-4-9(10,11)5-7-12;1-2/h4-7H2,1-3H3;1-2H3. The molecule has 1 nitrogen and oxygen atoms in total. The first-order valence-corrected chi connectivity index (χ1v) is 5.44. The molecule has 0 unspecified atom stereocenters. The Morgan fingerprint density at radius 2 is 1.36 bits per heavy atom. The Kier molecular flexibility index (Phi) is 4.99. The molecular formula is C11H23F2N. The van der Waals surface area contributed by atoms with Gasteiger partial charge in [-0.1, -0.05) is 13.8 Å². The Bertz CT molecular complexity index is 151. The van der Waals surface area contributed by atoms with Gasteiger partial charge in [-0.15, -0.1) is 0 Å². The number of halogens is 2. The monoisotopic (exact) mass is 207 g/mol. The predicted molar refractivity (Wildman–Crippen MR) is 56.9 cm³/mol. The summed E-state index contributed by atoms with van der Waals surface area (Å²) in [5, 5.41) is 0. The topological polar surface area (TPSA) is 3.24 Å². The van der Waals surface area contributed by atoms with Crippen LogP contribution in [0.15, 0.2) is 0 Å². The van der Waals surface area contributed by atoms with E-state index < -0.39 is 5.92 Å². The first-order valence-electron chi connectivity index (χ1n) is 5.44. The maximum Gasteiger partial charge on any atom is 0.250 e. The van der Waals surface area contributed by atoms with Crippen molar-refractivity contribution >= 4 is 0 Å². The number of hydrogen-bond donors (Lipinski definition) is 0. The molecule has 1 saturated heterocycles. The lowest BCUT2D eigenvalue weighted by Gasteiger charge is -2.40. The third kappa shape index (κ3) is 4.36. The number of piperidine rings is 1. The molecule has 0 saturated carbocycles. The number of hydrogen-bond acceptors (Lipinski definition) is 1. The summed E-state index contributed by atoms with van der Waals surface area (Å²) in [7, 11) is 0. The van der Waals surface area contributed by atoms with Crippen LogP contribution in [0.4, 0.5) is 8.78 Å². The van der Waals surface area contributed by atoms with Crippen LogP contribution in [-0.2, 0) is 0 Å². The summed E-state index contributed by atoms with van der Waals surface area (Å²) in [4.78, 5) is 2.12. The van der Waals surface area contributed by atoms with Crippen LogP contribution in [0.1, 0.15) is 47.5 Å². The maximum atomic E-state index is 12.7. The van der Waals surface area contributed by atoms with E-state index in [1.807, 2.05) is 13.8 Å². The number of rotatable bonds is 0. The molecule has 1 aliphatic heterocycles. The Morgan fingerprint density at radius 1 is 1.00 bits per heavy atom. The number of alkyl halides is 2. The van der Waals surface area contributed by atoms with Crippen molar-refractivity contribution in [2.75, 3.05) is 13.1 Å². The van der Waals surface area contributed by atoms with Crippen LogP contribution < -0.4 is 0 Å². The van der Waals surface area contributed by atoms with Gasteiger partial charge in [0, 0.05) is 31.5 Å². The number of likely N-dealkylation sites (tertiary alicyclic amines) is 1. The minimum absolute atomic E-state index is 0.0181. The zero-order chi connectivity index (χ0) is 11.4. The minimum atomic E-state index is -2.41. The largest absolute Gasteiger partial charge is 0.298 e. The van der Waals surface area contributed by atoms with Crippen molar-refractivity contribution in [2.45, 2.75) is 58.9 Å². The van der Waals surface area contributed by atoms with Gasteiger partial charge in [-0.05, 0) is 20.8 Å². The van der Waals surface area contributed by atoms with E-state index in [2.05, 4.69) is 25.7 Å². The summed E-state index contributed by atoms with van der Waals surface area (Å²) < 4.78 is 25.5. The summed E-state index contributed by atoms with van der Waals surface area (Å²) in [6.07, 6.45) is 0.0362. The van der Waals surface area contributed by atoms with Crippen LogP contribution >= 0.6 is 0 Å². The molecule has 0 aromatic rings. The third-order valence-electron chi connectivity index (χ3n) is 2.44. The van der Waals surface area contributed by atoms with E-state index in [4.69, 9.17) is 0 Å². The molecule has 0 aliphatic carbocycles. The summed E-state index contributed by atoms with van der Waals surface area (Å²) in [5.74, 6) is -2.41. The smallest absolute Gasteiger partial charge is 0.250 e. The van der Waals surface area contributed by atoms with Crippen LogP contribution in [-0.4, -0.2) is 29.5 Å². The highest BCUT2D eigenvalue weighted by atomic mass is 19.3. The molecule has 0 aromatic heterocycles. The molecule has 1 rings (SSSR count). The second kappa shape index (κ2) is 5.06. The maximum absolute atomic E-state index is 12.7. The van der Waals surface area contributed by atoms with Crippen LogP contribution in [0.2, 0.25) is 0 Å². The average molecular weight is 207 g/mol. The van der Waals surface area contributed by atoms with Gasteiger partial charge in [0.25, 0.3) is 5.92 Å². The van der Waals surface area contributed by atoms with Crippen LogP contribution in [0, 0.1) is 0 Å². The van der Waals surface area contributed by atoms with Gasteiger partial charge in [-0.2, -0.15) is 0 Å². The van der Waals surface area contributed by atoms with Crippen LogP contribution in [0.3, 0.4) is 0 Å². The lowest BCUT2D eigenvalue weighted by atomic mass is 9.99. The molecule has 1 heterocycles. The van der Waals surface area contributed by atoms with Gasteiger partial charge in [0.1, 0.15) is 0 Å². The number of nitrogens with zero attached hydrogens (tertiary/aromatic N) is 1. The summed E-state index contributed by atoms with van der Waals surface area (Å²) in [6.45, 7) is 11.2. The minimum Gasteiger partial charge on any atom is -0.298 e. The normalized spacial score (nSPS) is 22.5. The van der Waals surface area contributed by atoms with Crippen LogP contribution in [0.25, 0.3) is 0 Å². The van der Waals surface area contributed by atoms with Gasteiger partial charge >= 0.3 is 0 Å². The Balaban J connectivity index is 0.000000791. The van der Waals surface area contributed by atoms with E-state index >= 15 is 0 Å². The molecule has 0 aromatic carbocycles. The van der Waals surface area contributed by atoms with E-state index in [9.17, 15) is 8.78 Å². The highest BCUT2D eigenvalue weighted by Gasteiger charge is 2.36. The molecule has 3 heteroatoms. The average Bonchev–Trinajstić information content (AvgIpc) is 2.05. The van der Waals surface area contributed by atoms with Gasteiger partial charge < -0.3 is 0 Å². The van der Waals surface area contributed by atoms with Crippen molar-refractivity contribution in [3.8, 4) is 0 Å². The first-order chi connectivity index (χ1) is 6.31. The molecule has 0 amide bonds. The van der Waals surface area contributed by atoms with E-state index in [-0.39, 0.29) is 18.4 Å². The lowest BCUT2D eigenvalue weighted by molar-refractivity contribution is -0.0712. The van der Waals surface area contributed by atoms with Crippen molar-refractivity contribution in [3.05, 3.63) is 0 Å². The Hall–Kier alpha value is -0.180. The SMILES string of the molecule is CC.CC(C)(C)N1CCC(F)(F)CC1. The van der Waals surface area contributed by atoms with Crippen LogP contribution in [0.5, 0.6) is 0 Å². The summed E-state index contributed by atoms with van der Waals surface area (Å²) in [5.41, 5.74) is 0.0382. The summed E-state index contributed by atoms with van der Waals surface area (Å²) in [6, 6.07) is 0. The predicted octanol–water partition coefficient (Wildman–Crippen LogP) is 3.54. The zero-order valence-corrected chi connectivity index (χ0v) is 10.0. The van der Waals surface area contributed by atoms with Gasteiger partial charge in [0.05, 0.1) is 0 Å². The highest BCUT2D eigenvalue weighted by Crippen LogP contribution is 2.30. The van der Waals surface area contributed by atoms with Gasteiger partial charge in [-0.3, -0.25) is 4.90 Å². The second-order valence-electron chi connectivity index (χ2n) is 4.51. The molecule has 1 fully saturated rings. The molecule has 0 atom stereocenters. The molecule has 0 bridgehead atoms. The fourth-order valence-electron chi connectivity index (χ4n) is 1.50.